The van der Waals surface area contributed by atoms with Crippen LogP contribution in [-0.4, -0.2) is 10.6 Å². The Labute approximate surface area is 159 Å². The summed E-state index contributed by atoms with van der Waals surface area (Å²) in [5, 5.41) is 0.647. The Morgan fingerprint density at radius 1 is 0.885 bits per heavy atom. The Hall–Kier alpha value is -2.76. The fraction of sp³-hybridized carbons (Fsp3) is 0.174. The van der Waals surface area contributed by atoms with Crippen molar-refractivity contribution in [2.45, 2.75) is 26.4 Å². The van der Waals surface area contributed by atoms with E-state index in [0.717, 1.165) is 22.4 Å². The third-order valence-electron chi connectivity index (χ3n) is 3.51. The fourth-order valence-electron chi connectivity index (χ4n) is 2.43. The summed E-state index contributed by atoms with van der Waals surface area (Å²) in [4.78, 5) is 4.64. The molecule has 0 aliphatic heterocycles. The van der Waals surface area contributed by atoms with Gasteiger partial charge in [0, 0.05) is 27.8 Å². The molecule has 0 saturated heterocycles. The Kier molecular flexibility index (Phi) is 5.30. The van der Waals surface area contributed by atoms with E-state index in [1.54, 1.807) is 0 Å². The van der Waals surface area contributed by atoms with Gasteiger partial charge in [-0.3, -0.25) is 0 Å². The Morgan fingerprint density at radius 2 is 1.65 bits per heavy atom. The van der Waals surface area contributed by atoms with Crippen LogP contribution in [0.25, 0.3) is 11.3 Å². The lowest BCUT2D eigenvalue weighted by Crippen LogP contribution is -2.23. The molecule has 0 fully saturated rings. The van der Waals surface area contributed by atoms with Crippen LogP contribution < -0.4 is 4.74 Å². The van der Waals surface area contributed by atoms with E-state index < -0.39 is 0 Å². The minimum absolute atomic E-state index is 0.310. The van der Waals surface area contributed by atoms with E-state index >= 15 is 0 Å². The Balaban J connectivity index is 2.02. The number of ether oxygens (including phenoxy) is 1. The predicted octanol–water partition coefficient (Wildman–Crippen LogP) is 5.98. The second kappa shape index (κ2) is 7.64. The smallest absolute Gasteiger partial charge is 0.214 e. The minimum Gasteiger partial charge on any atom is -0.472 e. The van der Waals surface area contributed by atoms with E-state index in [4.69, 9.17) is 16.3 Å². The van der Waals surface area contributed by atoms with Crippen molar-refractivity contribution >= 4 is 11.6 Å². The molecule has 1 heterocycles. The van der Waals surface area contributed by atoms with Crippen molar-refractivity contribution in [2.75, 3.05) is 0 Å². The first-order valence-electron chi connectivity index (χ1n) is 8.44. The number of nitrogens with zero attached hydrogens (tertiary/aromatic N) is 1. The quantitative estimate of drug-likeness (QED) is 0.524. The van der Waals surface area contributed by atoms with E-state index in [1.807, 2.05) is 87.5 Å². The molecule has 0 radical (unpaired) electrons. The van der Waals surface area contributed by atoms with Crippen molar-refractivity contribution in [3.63, 3.8) is 0 Å². The topological polar surface area (TPSA) is 22.1 Å². The zero-order chi connectivity index (χ0) is 18.6. The fourth-order valence-corrected chi connectivity index (χ4v) is 2.61. The van der Waals surface area contributed by atoms with Crippen LogP contribution in [0.5, 0.6) is 5.88 Å². The van der Waals surface area contributed by atoms with Gasteiger partial charge in [-0.2, -0.15) is 0 Å². The van der Waals surface area contributed by atoms with E-state index in [-0.39, 0.29) is 5.60 Å². The number of rotatable bonds is 2. The van der Waals surface area contributed by atoms with Gasteiger partial charge in [-0.1, -0.05) is 47.7 Å². The second-order valence-electron chi connectivity index (χ2n) is 6.88. The van der Waals surface area contributed by atoms with Crippen LogP contribution in [-0.2, 0) is 0 Å². The zero-order valence-corrected chi connectivity index (χ0v) is 15.8. The van der Waals surface area contributed by atoms with Gasteiger partial charge in [-0.25, -0.2) is 4.98 Å². The van der Waals surface area contributed by atoms with Gasteiger partial charge in [0.15, 0.2) is 0 Å². The number of pyridine rings is 1. The summed E-state index contributed by atoms with van der Waals surface area (Å²) < 4.78 is 5.88. The van der Waals surface area contributed by atoms with Gasteiger partial charge in [0.05, 0.1) is 5.69 Å². The first kappa shape index (κ1) is 18.0. The molecule has 0 aliphatic rings. The van der Waals surface area contributed by atoms with Crippen molar-refractivity contribution in [1.82, 2.24) is 4.98 Å². The molecule has 0 saturated carbocycles. The average Bonchev–Trinajstić information content (AvgIpc) is 2.60. The van der Waals surface area contributed by atoms with E-state index in [9.17, 15) is 0 Å². The lowest BCUT2D eigenvalue weighted by atomic mass is 10.0. The van der Waals surface area contributed by atoms with E-state index in [1.165, 1.54) is 0 Å². The summed E-state index contributed by atoms with van der Waals surface area (Å²) in [7, 11) is 0. The van der Waals surface area contributed by atoms with Gasteiger partial charge in [0.2, 0.25) is 5.88 Å². The van der Waals surface area contributed by atoms with Crippen LogP contribution in [0.2, 0.25) is 5.02 Å². The highest BCUT2D eigenvalue weighted by molar-refractivity contribution is 6.30. The normalized spacial score (nSPS) is 10.8. The van der Waals surface area contributed by atoms with Gasteiger partial charge in [0.25, 0.3) is 0 Å². The highest BCUT2D eigenvalue weighted by atomic mass is 35.5. The van der Waals surface area contributed by atoms with Crippen molar-refractivity contribution in [2.24, 2.45) is 0 Å². The van der Waals surface area contributed by atoms with E-state index in [0.29, 0.717) is 10.9 Å². The lowest BCUT2D eigenvalue weighted by molar-refractivity contribution is 0.124. The number of aromatic nitrogens is 1. The largest absolute Gasteiger partial charge is 0.472 e. The van der Waals surface area contributed by atoms with Crippen molar-refractivity contribution in [1.29, 1.82) is 0 Å². The monoisotopic (exact) mass is 361 g/mol. The van der Waals surface area contributed by atoms with Crippen LogP contribution in [0.1, 0.15) is 31.9 Å². The number of hydrogen-bond donors (Lipinski definition) is 0. The van der Waals surface area contributed by atoms with Crippen LogP contribution in [0.4, 0.5) is 0 Å². The summed E-state index contributed by atoms with van der Waals surface area (Å²) in [6.07, 6.45) is 0. The molecule has 3 heteroatoms. The molecule has 130 valence electrons. The molecule has 0 unspecified atom stereocenters. The first-order chi connectivity index (χ1) is 12.4. The minimum atomic E-state index is -0.310. The average molecular weight is 362 g/mol. The van der Waals surface area contributed by atoms with Crippen molar-refractivity contribution in [3.05, 3.63) is 82.9 Å². The molecule has 0 amide bonds. The van der Waals surface area contributed by atoms with Gasteiger partial charge >= 0.3 is 0 Å². The van der Waals surface area contributed by atoms with Crippen LogP contribution >= 0.6 is 11.6 Å². The molecule has 0 aliphatic carbocycles. The highest BCUT2D eigenvalue weighted by Gasteiger charge is 2.14. The summed E-state index contributed by atoms with van der Waals surface area (Å²) in [5.41, 5.74) is 3.20. The molecule has 0 bridgehead atoms. The molecule has 0 atom stereocenters. The molecule has 3 rings (SSSR count). The van der Waals surface area contributed by atoms with Crippen molar-refractivity contribution in [3.8, 4) is 29.0 Å². The number of halogens is 1. The molecule has 26 heavy (non-hydrogen) atoms. The molecule has 0 spiro atoms. The highest BCUT2D eigenvalue weighted by Crippen LogP contribution is 2.27. The Morgan fingerprint density at radius 3 is 2.38 bits per heavy atom. The maximum Gasteiger partial charge on any atom is 0.214 e. The van der Waals surface area contributed by atoms with E-state index in [2.05, 4.69) is 16.8 Å². The van der Waals surface area contributed by atoms with Gasteiger partial charge in [-0.15, -0.1) is 0 Å². The van der Waals surface area contributed by atoms with Gasteiger partial charge in [0.1, 0.15) is 5.60 Å². The summed E-state index contributed by atoms with van der Waals surface area (Å²) in [5.74, 6) is 7.01. The zero-order valence-electron chi connectivity index (χ0n) is 15.1. The maximum absolute atomic E-state index is 6.22. The standard InChI is InChI=1S/C23H20ClNO/c1-23(2,3)26-22-11-7-10-21(25-22)20-16-19(24)15-14-18(20)13-12-17-8-5-4-6-9-17/h4-11,14-16H,1-3H3. The van der Waals surface area contributed by atoms with Gasteiger partial charge < -0.3 is 4.74 Å². The van der Waals surface area contributed by atoms with Crippen LogP contribution in [0.15, 0.2) is 66.7 Å². The first-order valence-corrected chi connectivity index (χ1v) is 8.82. The maximum atomic E-state index is 6.22. The molecular formula is C23H20ClNO. The Bertz CT molecular complexity index is 963. The molecule has 3 aromatic rings. The molecular weight excluding hydrogens is 342 g/mol. The number of hydrogen-bond acceptors (Lipinski definition) is 2. The second-order valence-corrected chi connectivity index (χ2v) is 7.32. The SMILES string of the molecule is CC(C)(C)Oc1cccc(-c2cc(Cl)ccc2C#Cc2ccccc2)n1. The summed E-state index contributed by atoms with van der Waals surface area (Å²) >= 11 is 6.22. The third-order valence-corrected chi connectivity index (χ3v) is 3.74. The van der Waals surface area contributed by atoms with Crippen LogP contribution in [0.3, 0.4) is 0 Å². The predicted molar refractivity (Wildman–Crippen MR) is 107 cm³/mol. The summed E-state index contributed by atoms with van der Waals surface area (Å²) in [6, 6.07) is 21.3. The summed E-state index contributed by atoms with van der Waals surface area (Å²) in [6.45, 7) is 5.99. The third kappa shape index (κ3) is 4.88. The number of benzene rings is 2. The van der Waals surface area contributed by atoms with Crippen molar-refractivity contribution < 1.29 is 4.74 Å². The lowest BCUT2D eigenvalue weighted by Gasteiger charge is -2.20. The van der Waals surface area contributed by atoms with Gasteiger partial charge in [-0.05, 0) is 57.2 Å². The molecule has 0 N–H and O–H groups in total. The molecule has 2 aromatic carbocycles. The molecule has 2 nitrogen and oxygen atoms in total. The molecule has 1 aromatic heterocycles. The van der Waals surface area contributed by atoms with Crippen LogP contribution in [0, 0.1) is 11.8 Å².